The number of aryl methyl sites for hydroxylation is 1. The monoisotopic (exact) mass is 596 g/mol. The summed E-state index contributed by atoms with van der Waals surface area (Å²) in [6, 6.07) is 12.5. The molecule has 4 heterocycles. The average molecular weight is 597 g/mol. The predicted molar refractivity (Wildman–Crippen MR) is 155 cm³/mol. The highest BCUT2D eigenvalue weighted by Gasteiger charge is 2.48. The number of fused-ring (bicyclic) bond motifs is 4. The van der Waals surface area contributed by atoms with Crippen LogP contribution in [0, 0.1) is 6.92 Å². The fourth-order valence-corrected chi connectivity index (χ4v) is 5.71. The number of hydrogen-bond donors (Lipinski definition) is 2. The van der Waals surface area contributed by atoms with E-state index in [2.05, 4.69) is 27.0 Å². The summed E-state index contributed by atoms with van der Waals surface area (Å²) in [6.45, 7) is 3.92. The molecule has 2 atom stereocenters. The Morgan fingerprint density at radius 1 is 1.12 bits per heavy atom. The number of carbonyl (C=O) groups is 2. The van der Waals surface area contributed by atoms with Crippen LogP contribution in [0.4, 0.5) is 19.0 Å². The number of rotatable bonds is 4. The number of nitrogens with two attached hydrogens (primary N) is 1. The van der Waals surface area contributed by atoms with Crippen molar-refractivity contribution >= 4 is 18.1 Å². The second-order valence-electron chi connectivity index (χ2n) is 11.1. The van der Waals surface area contributed by atoms with Crippen molar-refractivity contribution in [1.29, 1.82) is 0 Å². The van der Waals surface area contributed by atoms with Crippen LogP contribution in [0.25, 0.3) is 0 Å². The number of piperidine rings is 1. The molecule has 11 heteroatoms. The van der Waals surface area contributed by atoms with Gasteiger partial charge in [0.25, 0.3) is 0 Å². The summed E-state index contributed by atoms with van der Waals surface area (Å²) in [4.78, 5) is 26.4. The lowest BCUT2D eigenvalue weighted by molar-refractivity contribution is -0.138. The third kappa shape index (κ3) is 7.45. The van der Waals surface area contributed by atoms with Gasteiger partial charge in [-0.25, -0.2) is 4.98 Å². The minimum atomic E-state index is -4.25. The normalized spacial score (nSPS) is 20.0. The minimum absolute atomic E-state index is 0.00612. The molecule has 1 aliphatic carbocycles. The highest BCUT2D eigenvalue weighted by Crippen LogP contribution is 2.54. The van der Waals surface area contributed by atoms with Crippen molar-refractivity contribution in [3.05, 3.63) is 76.5 Å². The van der Waals surface area contributed by atoms with Crippen LogP contribution in [0.3, 0.4) is 0 Å². The summed E-state index contributed by atoms with van der Waals surface area (Å²) in [7, 11) is 0. The van der Waals surface area contributed by atoms with Crippen molar-refractivity contribution in [2.24, 2.45) is 5.73 Å². The zero-order valence-electron chi connectivity index (χ0n) is 24.0. The highest BCUT2D eigenvalue weighted by atomic mass is 19.4. The van der Waals surface area contributed by atoms with E-state index in [1.807, 2.05) is 18.2 Å². The van der Waals surface area contributed by atoms with E-state index in [9.17, 15) is 18.0 Å². The quantitative estimate of drug-likeness (QED) is 0.352. The van der Waals surface area contributed by atoms with Crippen LogP contribution in [0.2, 0.25) is 0 Å². The minimum Gasteiger partial charge on any atom is -0.489 e. The summed E-state index contributed by atoms with van der Waals surface area (Å²) in [6.07, 6.45) is 3.66. The van der Waals surface area contributed by atoms with Gasteiger partial charge in [0.15, 0.2) is 0 Å². The van der Waals surface area contributed by atoms with Crippen molar-refractivity contribution in [2.45, 2.75) is 70.2 Å². The van der Waals surface area contributed by atoms with Gasteiger partial charge in [0.05, 0.1) is 5.56 Å². The van der Waals surface area contributed by atoms with Crippen molar-refractivity contribution in [1.82, 2.24) is 9.88 Å². The molecule has 0 radical (unpaired) electrons. The van der Waals surface area contributed by atoms with Gasteiger partial charge in [-0.1, -0.05) is 24.1 Å². The van der Waals surface area contributed by atoms with Gasteiger partial charge < -0.3 is 20.5 Å². The maximum Gasteiger partial charge on any atom is 0.416 e. The van der Waals surface area contributed by atoms with E-state index in [0.29, 0.717) is 48.4 Å². The first-order chi connectivity index (χ1) is 20.7. The third-order valence-corrected chi connectivity index (χ3v) is 7.90. The van der Waals surface area contributed by atoms with Gasteiger partial charge in [-0.2, -0.15) is 13.2 Å². The molecule has 0 spiro atoms. The zero-order valence-corrected chi connectivity index (χ0v) is 24.0. The summed E-state index contributed by atoms with van der Waals surface area (Å²) in [5, 5.41) is 2.79. The van der Waals surface area contributed by atoms with Crippen LogP contribution in [-0.2, 0) is 28.7 Å². The van der Waals surface area contributed by atoms with E-state index in [1.165, 1.54) is 18.1 Å². The number of likely N-dealkylation sites (tertiary alicyclic amines) is 1. The first-order valence-electron chi connectivity index (χ1n) is 14.5. The predicted octanol–water partition coefficient (Wildman–Crippen LogP) is 6.11. The smallest absolute Gasteiger partial charge is 0.416 e. The number of aromatic nitrogens is 1. The van der Waals surface area contributed by atoms with E-state index >= 15 is 0 Å². The van der Waals surface area contributed by atoms with Gasteiger partial charge in [0.1, 0.15) is 29.2 Å². The lowest BCUT2D eigenvalue weighted by atomic mass is 10.0. The molecule has 3 N–H and O–H groups in total. The van der Waals surface area contributed by atoms with Crippen LogP contribution in [0.1, 0.15) is 65.8 Å². The molecule has 8 nitrogen and oxygen atoms in total. The Balaban J connectivity index is 0.000000160. The molecule has 0 bridgehead atoms. The summed E-state index contributed by atoms with van der Waals surface area (Å²) < 4.78 is 50.7. The molecule has 1 saturated heterocycles. The Hall–Kier alpha value is -4.12. The van der Waals surface area contributed by atoms with Gasteiger partial charge in [0, 0.05) is 36.2 Å². The fourth-order valence-electron chi connectivity index (χ4n) is 5.71. The van der Waals surface area contributed by atoms with Crippen molar-refractivity contribution in [3.63, 3.8) is 0 Å². The maximum atomic E-state index is 13.0. The highest BCUT2D eigenvalue weighted by molar-refractivity contribution is 5.93. The molecule has 2 unspecified atom stereocenters. The number of primary amides is 1. The van der Waals surface area contributed by atoms with E-state index in [0.717, 1.165) is 55.2 Å². The zero-order chi connectivity index (χ0) is 30.6. The SMILES string of the molecule is Cc1ccc(CN2CCCCC2)c(C(F)(F)F)c1.NC=O.O=C1CCc2c(Oc3ccc4c(c3)C3CC3O4)ccnc2N1. The van der Waals surface area contributed by atoms with E-state index in [-0.39, 0.29) is 12.3 Å². The number of anilines is 1. The molecule has 3 aliphatic heterocycles. The van der Waals surface area contributed by atoms with Crippen molar-refractivity contribution < 1.29 is 32.2 Å². The van der Waals surface area contributed by atoms with Crippen molar-refractivity contribution in [2.75, 3.05) is 18.4 Å². The standard InChI is InChI=1S/C17H14N2O3.C14H18F3N.CH3NO/c20-16-4-2-10-14(5-6-18-17(10)19-16)21-9-1-3-13-11(7-9)12-8-15(12)22-13;1-11-5-6-12(13(9-11)14(15,16)17)10-18-7-3-2-4-8-18;2-1-3/h1,3,5-7,12,15H,2,4,8H2,(H,18,19,20);5-6,9H,2-4,7-8,10H2,1H3;1H,(H2,2,3). The number of hydrogen-bond acceptors (Lipinski definition) is 6. The number of nitrogens with zero attached hydrogens (tertiary/aromatic N) is 2. The Labute approximate surface area is 248 Å². The van der Waals surface area contributed by atoms with Gasteiger partial charge in [-0.15, -0.1) is 0 Å². The van der Waals surface area contributed by atoms with Crippen molar-refractivity contribution in [3.8, 4) is 17.2 Å². The number of ether oxygens (including phenoxy) is 2. The molecule has 3 aromatic rings. The number of carbonyl (C=O) groups excluding carboxylic acids is 2. The largest absolute Gasteiger partial charge is 0.489 e. The van der Waals surface area contributed by atoms with Crippen LogP contribution in [0.15, 0.2) is 48.7 Å². The number of amides is 2. The van der Waals surface area contributed by atoms with Crippen LogP contribution in [-0.4, -0.2) is 41.4 Å². The summed E-state index contributed by atoms with van der Waals surface area (Å²) >= 11 is 0. The molecule has 7 rings (SSSR count). The molecule has 228 valence electrons. The van der Waals surface area contributed by atoms with Gasteiger partial charge in [-0.05, 0) is 81.6 Å². The number of pyridine rings is 1. The Kier molecular flexibility index (Phi) is 9.19. The number of alkyl halides is 3. The lowest BCUT2D eigenvalue weighted by Crippen LogP contribution is -2.30. The molecule has 2 amide bonds. The Bertz CT molecular complexity index is 1470. The van der Waals surface area contributed by atoms with Gasteiger partial charge in [0.2, 0.25) is 12.3 Å². The number of benzene rings is 2. The fraction of sp³-hybridized carbons (Fsp3) is 0.406. The molecule has 2 fully saturated rings. The van der Waals surface area contributed by atoms with E-state index in [4.69, 9.17) is 14.3 Å². The van der Waals surface area contributed by atoms with Crippen LogP contribution >= 0.6 is 0 Å². The molecule has 4 aliphatic rings. The van der Waals surface area contributed by atoms with Gasteiger partial charge >= 0.3 is 6.18 Å². The molecule has 1 saturated carbocycles. The third-order valence-electron chi connectivity index (χ3n) is 7.90. The molecular weight excluding hydrogens is 561 g/mol. The maximum absolute atomic E-state index is 13.0. The van der Waals surface area contributed by atoms with Crippen LogP contribution < -0.4 is 20.5 Å². The van der Waals surface area contributed by atoms with Crippen LogP contribution in [0.5, 0.6) is 17.2 Å². The Morgan fingerprint density at radius 3 is 2.63 bits per heavy atom. The average Bonchev–Trinajstić information content (AvgIpc) is 3.66. The second kappa shape index (κ2) is 13.0. The Morgan fingerprint density at radius 2 is 1.88 bits per heavy atom. The van der Waals surface area contributed by atoms with Gasteiger partial charge in [-0.3, -0.25) is 14.5 Å². The second-order valence-corrected chi connectivity index (χ2v) is 11.1. The lowest BCUT2D eigenvalue weighted by Gasteiger charge is -2.27. The molecular formula is C32H35F3N4O4. The number of halogens is 3. The first-order valence-corrected chi connectivity index (χ1v) is 14.5. The van der Waals surface area contributed by atoms with E-state index < -0.39 is 11.7 Å². The molecule has 43 heavy (non-hydrogen) atoms. The first kappa shape index (κ1) is 30.3. The topological polar surface area (TPSA) is 107 Å². The summed E-state index contributed by atoms with van der Waals surface area (Å²) in [5.74, 6) is 3.71. The molecule has 1 aromatic heterocycles. The number of nitrogens with one attached hydrogen (secondary N) is 1. The summed E-state index contributed by atoms with van der Waals surface area (Å²) in [5.41, 5.74) is 6.95. The van der Waals surface area contributed by atoms with E-state index in [1.54, 1.807) is 25.3 Å². The molecule has 2 aromatic carbocycles.